The Kier molecular flexibility index (Phi) is 3.40. The molecule has 0 amide bonds. The van der Waals surface area contributed by atoms with Crippen molar-refractivity contribution < 1.29 is 17.9 Å². The molecule has 2 N–H and O–H groups in total. The van der Waals surface area contributed by atoms with Gasteiger partial charge in [-0.2, -0.15) is 0 Å². The van der Waals surface area contributed by atoms with E-state index in [1.54, 1.807) is 0 Å². The highest BCUT2D eigenvalue weighted by Crippen LogP contribution is 2.31. The molecule has 94 valence electrons. The molecule has 5 heteroatoms. The zero-order chi connectivity index (χ0) is 12.6. The molecule has 0 spiro atoms. The molecule has 1 aliphatic rings. The predicted octanol–water partition coefficient (Wildman–Crippen LogP) is 2.67. The maximum absolute atomic E-state index is 13.5. The van der Waals surface area contributed by atoms with E-state index in [9.17, 15) is 13.2 Å². The largest absolute Gasteiger partial charge is 0.373 e. The average molecular weight is 245 g/mol. The normalized spacial score (nSPS) is 26.2. The summed E-state index contributed by atoms with van der Waals surface area (Å²) >= 11 is 0. The lowest BCUT2D eigenvalue weighted by atomic mass is 9.99. The Morgan fingerprint density at radius 3 is 2.29 bits per heavy atom. The van der Waals surface area contributed by atoms with Crippen LogP contribution in [0.15, 0.2) is 12.1 Å². The molecule has 2 rings (SSSR count). The first kappa shape index (κ1) is 12.4. The minimum Gasteiger partial charge on any atom is -0.373 e. The number of ether oxygens (including phenoxy) is 1. The first-order chi connectivity index (χ1) is 7.99. The molecule has 1 aromatic carbocycles. The fourth-order valence-corrected chi connectivity index (χ4v) is 2.16. The molecule has 1 aromatic rings. The van der Waals surface area contributed by atoms with Gasteiger partial charge < -0.3 is 10.5 Å². The summed E-state index contributed by atoms with van der Waals surface area (Å²) in [5, 5.41) is 0. The highest BCUT2D eigenvalue weighted by Gasteiger charge is 2.31. The van der Waals surface area contributed by atoms with Gasteiger partial charge in [0.25, 0.3) is 0 Å². The number of hydrogen-bond acceptors (Lipinski definition) is 2. The first-order valence-electron chi connectivity index (χ1n) is 5.54. The van der Waals surface area contributed by atoms with Crippen LogP contribution in [0.4, 0.5) is 13.2 Å². The SMILES string of the molecule is CC1CCC(C(N)c2c(F)cc(F)cc2F)O1. The van der Waals surface area contributed by atoms with Crippen molar-refractivity contribution in [1.29, 1.82) is 0 Å². The molecule has 1 fully saturated rings. The van der Waals surface area contributed by atoms with E-state index in [0.29, 0.717) is 18.6 Å². The maximum atomic E-state index is 13.5. The summed E-state index contributed by atoms with van der Waals surface area (Å²) in [6.45, 7) is 1.88. The third-order valence-electron chi connectivity index (χ3n) is 3.04. The molecule has 0 aromatic heterocycles. The molecule has 3 atom stereocenters. The summed E-state index contributed by atoms with van der Waals surface area (Å²) in [5.41, 5.74) is 5.49. The Morgan fingerprint density at radius 1 is 1.24 bits per heavy atom. The molecular weight excluding hydrogens is 231 g/mol. The molecular formula is C12H14F3NO. The molecule has 1 aliphatic heterocycles. The van der Waals surface area contributed by atoms with Crippen LogP contribution in [0.5, 0.6) is 0 Å². The van der Waals surface area contributed by atoms with E-state index in [0.717, 1.165) is 6.42 Å². The van der Waals surface area contributed by atoms with Gasteiger partial charge in [-0.25, -0.2) is 13.2 Å². The third-order valence-corrected chi connectivity index (χ3v) is 3.04. The third kappa shape index (κ3) is 2.45. The monoisotopic (exact) mass is 245 g/mol. The highest BCUT2D eigenvalue weighted by molar-refractivity contribution is 5.25. The van der Waals surface area contributed by atoms with E-state index in [2.05, 4.69) is 0 Å². The van der Waals surface area contributed by atoms with Crippen LogP contribution in [-0.2, 0) is 4.74 Å². The van der Waals surface area contributed by atoms with E-state index in [4.69, 9.17) is 10.5 Å². The number of hydrogen-bond donors (Lipinski definition) is 1. The Labute approximate surface area is 97.6 Å². The van der Waals surface area contributed by atoms with Gasteiger partial charge in [0.05, 0.1) is 18.2 Å². The molecule has 0 saturated carbocycles. The van der Waals surface area contributed by atoms with E-state index < -0.39 is 29.6 Å². The Morgan fingerprint density at radius 2 is 1.82 bits per heavy atom. The number of nitrogens with two attached hydrogens (primary N) is 1. The van der Waals surface area contributed by atoms with Crippen molar-refractivity contribution in [3.8, 4) is 0 Å². The van der Waals surface area contributed by atoms with Gasteiger partial charge in [-0.3, -0.25) is 0 Å². The minimum atomic E-state index is -0.960. The van der Waals surface area contributed by atoms with E-state index >= 15 is 0 Å². The fraction of sp³-hybridized carbons (Fsp3) is 0.500. The highest BCUT2D eigenvalue weighted by atomic mass is 19.1. The standard InChI is InChI=1S/C12H14F3NO/c1-6-2-3-10(17-6)12(16)11-8(14)4-7(13)5-9(11)15/h4-6,10,12H,2-3,16H2,1H3. The smallest absolute Gasteiger partial charge is 0.133 e. The van der Waals surface area contributed by atoms with Gasteiger partial charge >= 0.3 is 0 Å². The van der Waals surface area contributed by atoms with Crippen LogP contribution in [0.3, 0.4) is 0 Å². The number of halogens is 3. The molecule has 17 heavy (non-hydrogen) atoms. The van der Waals surface area contributed by atoms with Crippen molar-refractivity contribution in [3.05, 3.63) is 35.1 Å². The molecule has 0 radical (unpaired) electrons. The van der Waals surface area contributed by atoms with E-state index in [1.165, 1.54) is 0 Å². The molecule has 1 saturated heterocycles. The van der Waals surface area contributed by atoms with Gasteiger partial charge in [0, 0.05) is 17.7 Å². The van der Waals surface area contributed by atoms with E-state index in [-0.39, 0.29) is 11.7 Å². The number of rotatable bonds is 2. The van der Waals surface area contributed by atoms with Crippen LogP contribution in [0, 0.1) is 17.5 Å². The van der Waals surface area contributed by atoms with Crippen molar-refractivity contribution >= 4 is 0 Å². The summed E-state index contributed by atoms with van der Waals surface area (Å²) < 4.78 is 45.2. The van der Waals surface area contributed by atoms with Gasteiger partial charge in [-0.1, -0.05) is 0 Å². The van der Waals surface area contributed by atoms with Gasteiger partial charge in [0.1, 0.15) is 17.5 Å². The molecule has 0 aliphatic carbocycles. The zero-order valence-corrected chi connectivity index (χ0v) is 9.42. The van der Waals surface area contributed by atoms with Crippen LogP contribution in [-0.4, -0.2) is 12.2 Å². The Bertz CT molecular complexity index is 401. The minimum absolute atomic E-state index is 0.0395. The van der Waals surface area contributed by atoms with Crippen molar-refractivity contribution in [2.45, 2.75) is 38.0 Å². The molecule has 0 bridgehead atoms. The van der Waals surface area contributed by atoms with Crippen molar-refractivity contribution in [3.63, 3.8) is 0 Å². The van der Waals surface area contributed by atoms with Crippen LogP contribution < -0.4 is 5.73 Å². The molecule has 3 unspecified atom stereocenters. The van der Waals surface area contributed by atoms with Crippen molar-refractivity contribution in [2.75, 3.05) is 0 Å². The van der Waals surface area contributed by atoms with Crippen LogP contribution >= 0.6 is 0 Å². The second-order valence-electron chi connectivity index (χ2n) is 4.37. The van der Waals surface area contributed by atoms with Crippen LogP contribution in [0.1, 0.15) is 31.4 Å². The molecule has 1 heterocycles. The Hall–Kier alpha value is -1.07. The average Bonchev–Trinajstić information content (AvgIpc) is 2.63. The summed E-state index contributed by atoms with van der Waals surface area (Å²) in [6, 6.07) is 0.369. The summed E-state index contributed by atoms with van der Waals surface area (Å²) in [4.78, 5) is 0. The second kappa shape index (κ2) is 4.66. The summed E-state index contributed by atoms with van der Waals surface area (Å²) in [5.74, 6) is -2.87. The van der Waals surface area contributed by atoms with Gasteiger partial charge in [-0.05, 0) is 19.8 Å². The number of benzene rings is 1. The maximum Gasteiger partial charge on any atom is 0.133 e. The van der Waals surface area contributed by atoms with Crippen LogP contribution in [0.25, 0.3) is 0 Å². The van der Waals surface area contributed by atoms with Gasteiger partial charge in [-0.15, -0.1) is 0 Å². The summed E-state index contributed by atoms with van der Waals surface area (Å²) in [6.07, 6.45) is 1.08. The summed E-state index contributed by atoms with van der Waals surface area (Å²) in [7, 11) is 0. The second-order valence-corrected chi connectivity index (χ2v) is 4.37. The van der Waals surface area contributed by atoms with Crippen LogP contribution in [0.2, 0.25) is 0 Å². The lowest BCUT2D eigenvalue weighted by Crippen LogP contribution is -2.28. The zero-order valence-electron chi connectivity index (χ0n) is 9.42. The molecule has 2 nitrogen and oxygen atoms in total. The topological polar surface area (TPSA) is 35.2 Å². The Balaban J connectivity index is 2.27. The fourth-order valence-electron chi connectivity index (χ4n) is 2.16. The van der Waals surface area contributed by atoms with Gasteiger partial charge in [0.2, 0.25) is 0 Å². The first-order valence-corrected chi connectivity index (χ1v) is 5.54. The van der Waals surface area contributed by atoms with E-state index in [1.807, 2.05) is 6.92 Å². The van der Waals surface area contributed by atoms with Gasteiger partial charge in [0.15, 0.2) is 0 Å². The van der Waals surface area contributed by atoms with Crippen molar-refractivity contribution in [1.82, 2.24) is 0 Å². The van der Waals surface area contributed by atoms with Crippen molar-refractivity contribution in [2.24, 2.45) is 5.73 Å². The lowest BCUT2D eigenvalue weighted by Gasteiger charge is -2.20. The lowest BCUT2D eigenvalue weighted by molar-refractivity contribution is 0.0386. The quantitative estimate of drug-likeness (QED) is 0.869. The predicted molar refractivity (Wildman–Crippen MR) is 56.8 cm³/mol.